The molecule has 1 aromatic heterocycles. The molecular formula is C16H19FN2O. The third kappa shape index (κ3) is 2.95. The van der Waals surface area contributed by atoms with Crippen molar-refractivity contribution in [1.29, 1.82) is 0 Å². The number of Topliss-reactive ketones (excluding diaryl/α,β-unsaturated/α-hetero) is 1. The summed E-state index contributed by atoms with van der Waals surface area (Å²) in [5.74, 6) is 0.741. The van der Waals surface area contributed by atoms with Crippen molar-refractivity contribution in [3.05, 3.63) is 53.9 Å². The lowest BCUT2D eigenvalue weighted by Gasteiger charge is -2.23. The van der Waals surface area contributed by atoms with Crippen LogP contribution in [0, 0.1) is 5.82 Å². The van der Waals surface area contributed by atoms with Gasteiger partial charge in [-0.15, -0.1) is 0 Å². The Morgan fingerprint density at radius 1 is 1.30 bits per heavy atom. The van der Waals surface area contributed by atoms with Crippen molar-refractivity contribution < 1.29 is 9.18 Å². The van der Waals surface area contributed by atoms with Crippen LogP contribution in [0.2, 0.25) is 0 Å². The van der Waals surface area contributed by atoms with Crippen LogP contribution in [0.25, 0.3) is 0 Å². The first kappa shape index (κ1) is 14.4. The van der Waals surface area contributed by atoms with E-state index in [9.17, 15) is 9.18 Å². The van der Waals surface area contributed by atoms with Gasteiger partial charge in [-0.3, -0.25) is 4.79 Å². The SMILES string of the molecule is Cn1ccnc1CCC(=O)C(C)(C)c1ccc(F)cc1. The molecule has 0 atom stereocenters. The summed E-state index contributed by atoms with van der Waals surface area (Å²) >= 11 is 0. The van der Waals surface area contributed by atoms with E-state index in [1.807, 2.05) is 31.7 Å². The topological polar surface area (TPSA) is 34.9 Å². The molecule has 106 valence electrons. The number of hydrogen-bond donors (Lipinski definition) is 0. The number of ketones is 1. The maximum absolute atomic E-state index is 13.0. The molecule has 0 fully saturated rings. The van der Waals surface area contributed by atoms with Crippen LogP contribution < -0.4 is 0 Å². The molecule has 0 unspecified atom stereocenters. The smallest absolute Gasteiger partial charge is 0.143 e. The fraction of sp³-hybridized carbons (Fsp3) is 0.375. The molecule has 3 nitrogen and oxygen atoms in total. The first-order chi connectivity index (χ1) is 9.41. The summed E-state index contributed by atoms with van der Waals surface area (Å²) in [7, 11) is 1.91. The molecule has 1 heterocycles. The third-order valence-corrected chi connectivity index (χ3v) is 3.76. The molecule has 0 spiro atoms. The third-order valence-electron chi connectivity index (χ3n) is 3.76. The minimum Gasteiger partial charge on any atom is -0.338 e. The predicted molar refractivity (Wildman–Crippen MR) is 76.0 cm³/mol. The van der Waals surface area contributed by atoms with E-state index in [4.69, 9.17) is 0 Å². The molecule has 1 aromatic carbocycles. The van der Waals surface area contributed by atoms with Crippen molar-refractivity contribution in [3.8, 4) is 0 Å². The summed E-state index contributed by atoms with van der Waals surface area (Å²) < 4.78 is 14.9. The number of aryl methyl sites for hydroxylation is 2. The van der Waals surface area contributed by atoms with Crippen LogP contribution in [0.1, 0.15) is 31.7 Å². The first-order valence-corrected chi connectivity index (χ1v) is 6.67. The minimum atomic E-state index is -0.612. The second-order valence-corrected chi connectivity index (χ2v) is 5.51. The van der Waals surface area contributed by atoms with Gasteiger partial charge in [-0.25, -0.2) is 9.37 Å². The monoisotopic (exact) mass is 274 g/mol. The van der Waals surface area contributed by atoms with E-state index in [0.717, 1.165) is 11.4 Å². The molecule has 0 bridgehead atoms. The predicted octanol–water partition coefficient (Wildman–Crippen LogP) is 3.04. The molecule has 2 rings (SSSR count). The van der Waals surface area contributed by atoms with E-state index >= 15 is 0 Å². The van der Waals surface area contributed by atoms with Crippen molar-refractivity contribution in [1.82, 2.24) is 9.55 Å². The summed E-state index contributed by atoms with van der Waals surface area (Å²) in [6, 6.07) is 6.13. The first-order valence-electron chi connectivity index (χ1n) is 6.67. The lowest BCUT2D eigenvalue weighted by molar-refractivity contribution is -0.123. The fourth-order valence-electron chi connectivity index (χ4n) is 2.20. The summed E-state index contributed by atoms with van der Waals surface area (Å²) in [5.41, 5.74) is 0.225. The van der Waals surface area contributed by atoms with E-state index < -0.39 is 5.41 Å². The molecule has 2 aromatic rings. The second kappa shape index (κ2) is 5.57. The van der Waals surface area contributed by atoms with Crippen molar-refractivity contribution in [2.24, 2.45) is 7.05 Å². The van der Waals surface area contributed by atoms with Crippen molar-refractivity contribution in [2.75, 3.05) is 0 Å². The zero-order valence-corrected chi connectivity index (χ0v) is 12.1. The van der Waals surface area contributed by atoms with Gasteiger partial charge in [-0.2, -0.15) is 0 Å². The summed E-state index contributed by atoms with van der Waals surface area (Å²) in [4.78, 5) is 16.6. The Morgan fingerprint density at radius 3 is 2.50 bits per heavy atom. The molecule has 20 heavy (non-hydrogen) atoms. The van der Waals surface area contributed by atoms with E-state index in [1.54, 1.807) is 18.3 Å². The summed E-state index contributed by atoms with van der Waals surface area (Å²) in [6.45, 7) is 3.75. The van der Waals surface area contributed by atoms with E-state index in [2.05, 4.69) is 4.98 Å². The minimum absolute atomic E-state index is 0.132. The average molecular weight is 274 g/mol. The zero-order valence-electron chi connectivity index (χ0n) is 12.1. The lowest BCUT2D eigenvalue weighted by atomic mass is 9.79. The number of benzene rings is 1. The zero-order chi connectivity index (χ0) is 14.8. The van der Waals surface area contributed by atoms with Gasteiger partial charge in [0.15, 0.2) is 0 Å². The Hall–Kier alpha value is -1.97. The van der Waals surface area contributed by atoms with Gasteiger partial charge in [0.2, 0.25) is 0 Å². The summed E-state index contributed by atoms with van der Waals surface area (Å²) in [5, 5.41) is 0. The number of rotatable bonds is 5. The number of nitrogens with zero attached hydrogens (tertiary/aromatic N) is 2. The van der Waals surface area contributed by atoms with Gasteiger partial charge >= 0.3 is 0 Å². The highest BCUT2D eigenvalue weighted by Gasteiger charge is 2.29. The van der Waals surface area contributed by atoms with Crippen LogP contribution in [0.4, 0.5) is 4.39 Å². The molecule has 0 amide bonds. The van der Waals surface area contributed by atoms with Gasteiger partial charge < -0.3 is 4.57 Å². The van der Waals surface area contributed by atoms with Crippen LogP contribution in [-0.4, -0.2) is 15.3 Å². The van der Waals surface area contributed by atoms with E-state index in [0.29, 0.717) is 12.8 Å². The number of carbonyl (C=O) groups is 1. The number of halogens is 1. The van der Waals surface area contributed by atoms with Crippen LogP contribution in [0.3, 0.4) is 0 Å². The number of hydrogen-bond acceptors (Lipinski definition) is 2. The van der Waals surface area contributed by atoms with Crippen LogP contribution >= 0.6 is 0 Å². The highest BCUT2D eigenvalue weighted by molar-refractivity contribution is 5.89. The van der Waals surface area contributed by atoms with E-state index in [-0.39, 0.29) is 11.6 Å². The van der Waals surface area contributed by atoms with Gasteiger partial charge in [-0.1, -0.05) is 12.1 Å². The molecule has 0 N–H and O–H groups in total. The van der Waals surface area contributed by atoms with E-state index in [1.165, 1.54) is 12.1 Å². The number of imidazole rings is 1. The quantitative estimate of drug-likeness (QED) is 0.840. The molecule has 0 saturated heterocycles. The largest absolute Gasteiger partial charge is 0.338 e. The maximum Gasteiger partial charge on any atom is 0.143 e. The highest BCUT2D eigenvalue weighted by Crippen LogP contribution is 2.26. The maximum atomic E-state index is 13.0. The van der Waals surface area contributed by atoms with Gasteiger partial charge in [-0.05, 0) is 31.5 Å². The summed E-state index contributed by atoms with van der Waals surface area (Å²) in [6.07, 6.45) is 4.64. The van der Waals surface area contributed by atoms with Gasteiger partial charge in [0, 0.05) is 37.7 Å². The Morgan fingerprint density at radius 2 is 1.95 bits per heavy atom. The molecule has 0 aliphatic carbocycles. The number of carbonyl (C=O) groups excluding carboxylic acids is 1. The molecule has 4 heteroatoms. The normalized spacial score (nSPS) is 11.6. The van der Waals surface area contributed by atoms with Crippen molar-refractivity contribution >= 4 is 5.78 Å². The molecular weight excluding hydrogens is 255 g/mol. The molecule has 0 aliphatic heterocycles. The van der Waals surface area contributed by atoms with Crippen LogP contribution in [0.15, 0.2) is 36.7 Å². The second-order valence-electron chi connectivity index (χ2n) is 5.51. The molecule has 0 saturated carbocycles. The molecule has 0 aliphatic rings. The number of aromatic nitrogens is 2. The van der Waals surface area contributed by atoms with Crippen molar-refractivity contribution in [3.63, 3.8) is 0 Å². The standard InChI is InChI=1S/C16H19FN2O/c1-16(2,12-4-6-13(17)7-5-12)14(20)8-9-15-18-10-11-19(15)3/h4-7,10-11H,8-9H2,1-3H3. The van der Waals surface area contributed by atoms with Gasteiger partial charge in [0.1, 0.15) is 17.4 Å². The average Bonchev–Trinajstić information content (AvgIpc) is 2.82. The van der Waals surface area contributed by atoms with Crippen LogP contribution in [-0.2, 0) is 23.7 Å². The Labute approximate surface area is 118 Å². The Kier molecular flexibility index (Phi) is 4.02. The Balaban J connectivity index is 2.07. The van der Waals surface area contributed by atoms with Gasteiger partial charge in [0.25, 0.3) is 0 Å². The molecule has 0 radical (unpaired) electrons. The highest BCUT2D eigenvalue weighted by atomic mass is 19.1. The van der Waals surface area contributed by atoms with Crippen molar-refractivity contribution in [2.45, 2.75) is 32.1 Å². The Bertz CT molecular complexity index is 599. The fourth-order valence-corrected chi connectivity index (χ4v) is 2.20. The lowest BCUT2D eigenvalue weighted by Crippen LogP contribution is -2.29. The van der Waals surface area contributed by atoms with Crippen LogP contribution in [0.5, 0.6) is 0 Å². The van der Waals surface area contributed by atoms with Gasteiger partial charge in [0.05, 0.1) is 0 Å².